The predicted molar refractivity (Wildman–Crippen MR) is 151 cm³/mol. The molecule has 194 valence electrons. The van der Waals surface area contributed by atoms with Crippen molar-refractivity contribution in [3.63, 3.8) is 0 Å². The van der Waals surface area contributed by atoms with Crippen molar-refractivity contribution in [2.24, 2.45) is 0 Å². The second-order valence-corrected chi connectivity index (χ2v) is 10.0. The van der Waals surface area contributed by atoms with Crippen molar-refractivity contribution in [3.05, 3.63) is 84.2 Å². The van der Waals surface area contributed by atoms with Gasteiger partial charge in [0.05, 0.1) is 23.5 Å². The van der Waals surface area contributed by atoms with Crippen molar-refractivity contribution in [2.45, 2.75) is 18.9 Å². The number of hydrogen-bond donors (Lipinski definition) is 1. The van der Waals surface area contributed by atoms with Gasteiger partial charge in [0, 0.05) is 49.5 Å². The number of piperazine rings is 1. The van der Waals surface area contributed by atoms with Crippen LogP contribution in [0.5, 0.6) is 0 Å². The minimum Gasteiger partial charge on any atom is -0.314 e. The molecular formula is C31H34N6O. The number of aromatic nitrogens is 2. The average Bonchev–Trinajstić information content (AvgIpc) is 3.42. The molecule has 2 aliphatic rings. The molecule has 0 atom stereocenters. The van der Waals surface area contributed by atoms with E-state index in [2.05, 4.69) is 33.2 Å². The quantitative estimate of drug-likeness (QED) is 0.415. The molecule has 7 heteroatoms. The Morgan fingerprint density at radius 3 is 2.21 bits per heavy atom. The fraction of sp³-hybridized carbons (Fsp3) is 0.323. The number of rotatable bonds is 4. The third-order valence-corrected chi connectivity index (χ3v) is 7.55. The van der Waals surface area contributed by atoms with E-state index in [-0.39, 0.29) is 0 Å². The van der Waals surface area contributed by atoms with Gasteiger partial charge in [-0.05, 0) is 68.4 Å². The number of aldehydes is 1. The molecule has 0 radical (unpaired) electrons. The summed E-state index contributed by atoms with van der Waals surface area (Å²) in [7, 11) is 2.23. The molecule has 0 bridgehead atoms. The zero-order chi connectivity index (χ0) is 26.3. The van der Waals surface area contributed by atoms with Crippen molar-refractivity contribution >= 4 is 11.9 Å². The molecule has 1 N–H and O–H groups in total. The van der Waals surface area contributed by atoms with Crippen LogP contribution < -0.4 is 5.32 Å². The number of nitriles is 1. The molecule has 4 heterocycles. The van der Waals surface area contributed by atoms with Crippen LogP contribution in [0.1, 0.15) is 28.8 Å². The first-order chi connectivity index (χ1) is 18.6. The number of pyridine rings is 1. The van der Waals surface area contributed by atoms with E-state index in [1.807, 2.05) is 65.3 Å². The number of nitrogens with zero attached hydrogens (tertiary/aromatic N) is 5. The van der Waals surface area contributed by atoms with E-state index in [0.717, 1.165) is 40.4 Å². The Kier molecular flexibility index (Phi) is 8.25. The molecule has 0 aliphatic carbocycles. The van der Waals surface area contributed by atoms with E-state index in [9.17, 15) is 4.79 Å². The number of carbonyl (C=O) groups is 1. The molecule has 0 saturated carbocycles. The zero-order valence-electron chi connectivity index (χ0n) is 21.9. The second kappa shape index (κ2) is 12.1. The highest BCUT2D eigenvalue weighted by Crippen LogP contribution is 2.25. The van der Waals surface area contributed by atoms with Crippen LogP contribution in [0.15, 0.2) is 73.1 Å². The van der Waals surface area contributed by atoms with Crippen LogP contribution in [0.3, 0.4) is 0 Å². The molecule has 7 nitrogen and oxygen atoms in total. The maximum Gasteiger partial charge on any atom is 0.150 e. The summed E-state index contributed by atoms with van der Waals surface area (Å²) >= 11 is 0. The molecule has 2 saturated heterocycles. The van der Waals surface area contributed by atoms with E-state index in [1.165, 1.54) is 52.1 Å². The molecule has 4 aromatic rings. The third-order valence-electron chi connectivity index (χ3n) is 7.55. The van der Waals surface area contributed by atoms with Gasteiger partial charge in [-0.2, -0.15) is 5.26 Å². The monoisotopic (exact) mass is 506 g/mol. The van der Waals surface area contributed by atoms with Gasteiger partial charge in [0.25, 0.3) is 0 Å². The summed E-state index contributed by atoms with van der Waals surface area (Å²) in [5, 5.41) is 12.4. The van der Waals surface area contributed by atoms with Crippen LogP contribution in [-0.2, 0) is 0 Å². The second-order valence-electron chi connectivity index (χ2n) is 10.0. The summed E-state index contributed by atoms with van der Waals surface area (Å²) in [6.07, 6.45) is 7.45. The Hall–Kier alpha value is -3.83. The summed E-state index contributed by atoms with van der Waals surface area (Å²) in [5.41, 5.74) is 6.18. The Morgan fingerprint density at radius 1 is 0.895 bits per heavy atom. The molecule has 2 aromatic heterocycles. The van der Waals surface area contributed by atoms with Gasteiger partial charge < -0.3 is 10.2 Å². The summed E-state index contributed by atoms with van der Waals surface area (Å²) < 4.78 is 2.03. The lowest BCUT2D eigenvalue weighted by Gasteiger charge is -2.39. The van der Waals surface area contributed by atoms with Gasteiger partial charge in [-0.15, -0.1) is 0 Å². The van der Waals surface area contributed by atoms with E-state index in [1.54, 1.807) is 12.1 Å². The van der Waals surface area contributed by atoms with Crippen molar-refractivity contribution < 1.29 is 4.79 Å². The first kappa shape index (κ1) is 25.8. The highest BCUT2D eigenvalue weighted by molar-refractivity contribution is 5.77. The molecule has 2 aliphatic heterocycles. The number of fused-ring (bicyclic) bond motifs is 1. The fourth-order valence-corrected chi connectivity index (χ4v) is 5.24. The molecular weight excluding hydrogens is 472 g/mol. The maximum absolute atomic E-state index is 10.8. The first-order valence-electron chi connectivity index (χ1n) is 13.3. The van der Waals surface area contributed by atoms with Crippen LogP contribution in [0.25, 0.3) is 28.0 Å². The van der Waals surface area contributed by atoms with Gasteiger partial charge in [0.1, 0.15) is 11.9 Å². The number of likely N-dealkylation sites (tertiary alicyclic amines) is 1. The standard InChI is InChI=1S/C21H13N3O.C10H21N3/c22-11-15-1-7-18(8-2-15)20-12-23-21-10-9-19(13-24(20)21)17-5-3-16(14-25)4-6-17;1-12-6-2-10(3-7-12)13-8-4-11-5-9-13/h1-10,12-14H;10-11H,2-9H2,1H3. The Bertz CT molecular complexity index is 1390. The molecule has 2 fully saturated rings. The molecule has 0 amide bonds. The van der Waals surface area contributed by atoms with Gasteiger partial charge in [0.2, 0.25) is 0 Å². The fourth-order valence-electron chi connectivity index (χ4n) is 5.24. The number of nitrogens with one attached hydrogen (secondary N) is 1. The molecule has 2 aromatic carbocycles. The topological polar surface area (TPSA) is 76.7 Å². The molecule has 38 heavy (non-hydrogen) atoms. The lowest BCUT2D eigenvalue weighted by Crippen LogP contribution is -2.51. The van der Waals surface area contributed by atoms with Crippen LogP contribution in [-0.4, -0.2) is 77.8 Å². The summed E-state index contributed by atoms with van der Waals surface area (Å²) in [5.74, 6) is 0. The van der Waals surface area contributed by atoms with Gasteiger partial charge >= 0.3 is 0 Å². The van der Waals surface area contributed by atoms with Crippen LogP contribution >= 0.6 is 0 Å². The Morgan fingerprint density at radius 2 is 1.55 bits per heavy atom. The SMILES string of the molecule is CN1CCC(N2CCNCC2)CC1.N#Cc1ccc(-c2cnc3ccc(-c4ccc(C=O)cc4)cn23)cc1. The van der Waals surface area contributed by atoms with E-state index in [4.69, 9.17) is 5.26 Å². The lowest BCUT2D eigenvalue weighted by atomic mass is 10.0. The van der Waals surface area contributed by atoms with Crippen LogP contribution in [0.2, 0.25) is 0 Å². The highest BCUT2D eigenvalue weighted by Gasteiger charge is 2.23. The predicted octanol–water partition coefficient (Wildman–Crippen LogP) is 4.34. The maximum atomic E-state index is 10.8. The van der Waals surface area contributed by atoms with Crippen molar-refractivity contribution in [1.29, 1.82) is 5.26 Å². The third kappa shape index (κ3) is 6.00. The number of benzene rings is 2. The van der Waals surface area contributed by atoms with Crippen LogP contribution in [0, 0.1) is 11.3 Å². The molecule has 6 rings (SSSR count). The summed E-state index contributed by atoms with van der Waals surface area (Å²) in [6, 6.07) is 21.9. The Balaban J connectivity index is 0.000000190. The van der Waals surface area contributed by atoms with E-state index < -0.39 is 0 Å². The number of hydrogen-bond acceptors (Lipinski definition) is 6. The van der Waals surface area contributed by atoms with E-state index in [0.29, 0.717) is 11.1 Å². The van der Waals surface area contributed by atoms with Gasteiger partial charge in [-0.25, -0.2) is 4.98 Å². The number of piperidine rings is 1. The lowest BCUT2D eigenvalue weighted by molar-refractivity contribution is 0.109. The van der Waals surface area contributed by atoms with Gasteiger partial charge in [-0.1, -0.05) is 36.4 Å². The van der Waals surface area contributed by atoms with E-state index >= 15 is 0 Å². The Labute approximate surface area is 224 Å². The smallest absolute Gasteiger partial charge is 0.150 e. The van der Waals surface area contributed by atoms with Crippen LogP contribution in [0.4, 0.5) is 0 Å². The number of imidazole rings is 1. The largest absolute Gasteiger partial charge is 0.314 e. The minimum atomic E-state index is 0.633. The molecule has 0 unspecified atom stereocenters. The van der Waals surface area contributed by atoms with Crippen molar-refractivity contribution in [1.82, 2.24) is 24.5 Å². The van der Waals surface area contributed by atoms with Gasteiger partial charge in [0.15, 0.2) is 0 Å². The van der Waals surface area contributed by atoms with Crippen molar-refractivity contribution in [3.8, 4) is 28.5 Å². The highest BCUT2D eigenvalue weighted by atomic mass is 16.1. The van der Waals surface area contributed by atoms with Gasteiger partial charge in [-0.3, -0.25) is 14.1 Å². The first-order valence-corrected chi connectivity index (χ1v) is 13.3. The minimum absolute atomic E-state index is 0.633. The number of carbonyl (C=O) groups excluding carboxylic acids is 1. The summed E-state index contributed by atoms with van der Waals surface area (Å²) in [4.78, 5) is 20.4. The molecule has 0 spiro atoms. The summed E-state index contributed by atoms with van der Waals surface area (Å²) in [6.45, 7) is 7.46. The average molecular weight is 507 g/mol. The zero-order valence-corrected chi connectivity index (χ0v) is 21.9. The van der Waals surface area contributed by atoms with Crippen molar-refractivity contribution in [2.75, 3.05) is 46.3 Å². The normalized spacial score (nSPS) is 16.9.